The van der Waals surface area contributed by atoms with Crippen molar-refractivity contribution >= 4 is 29.1 Å². The Kier molecular flexibility index (Phi) is 7.49. The summed E-state index contributed by atoms with van der Waals surface area (Å²) in [5.74, 6) is -0.447. The molecule has 3 rings (SSSR count). The van der Waals surface area contributed by atoms with Gasteiger partial charge in [-0.15, -0.1) is 0 Å². The van der Waals surface area contributed by atoms with Gasteiger partial charge in [-0.3, -0.25) is 0 Å². The van der Waals surface area contributed by atoms with Gasteiger partial charge in [-0.25, -0.2) is 9.59 Å². The molecule has 0 saturated carbocycles. The van der Waals surface area contributed by atoms with Crippen molar-refractivity contribution in [3.8, 4) is 11.1 Å². The van der Waals surface area contributed by atoms with Crippen LogP contribution in [0.25, 0.3) is 11.1 Å². The van der Waals surface area contributed by atoms with Gasteiger partial charge in [0.25, 0.3) is 0 Å². The molecule has 4 N–H and O–H groups in total. The first kappa shape index (κ1) is 22.9. The molecule has 6 heteroatoms. The molecule has 0 aliphatic heterocycles. The standard InChI is InChI=1S/C26H29N3O3/c1-17(2)14-15-27-23-13-10-19(21-6-4-5-7-22(21)25(30)31)16-24(23)29-26(32)28-20-11-8-18(3)9-12-20/h4-13,16-17,27H,14-15H2,1-3H3,(H,30,31)(H2,28,29,32). The molecule has 3 aromatic carbocycles. The number of nitrogens with one attached hydrogen (secondary N) is 3. The first-order chi connectivity index (χ1) is 15.3. The van der Waals surface area contributed by atoms with E-state index in [-0.39, 0.29) is 11.6 Å². The zero-order chi connectivity index (χ0) is 23.1. The normalized spacial score (nSPS) is 10.6. The number of anilines is 3. The lowest BCUT2D eigenvalue weighted by Crippen LogP contribution is -2.20. The van der Waals surface area contributed by atoms with E-state index in [2.05, 4.69) is 29.8 Å². The van der Waals surface area contributed by atoms with Crippen molar-refractivity contribution in [3.63, 3.8) is 0 Å². The maximum atomic E-state index is 12.7. The molecular weight excluding hydrogens is 402 g/mol. The summed E-state index contributed by atoms with van der Waals surface area (Å²) in [4.78, 5) is 24.3. The number of aromatic carboxylic acids is 1. The van der Waals surface area contributed by atoms with Gasteiger partial charge in [0.05, 0.1) is 16.9 Å². The highest BCUT2D eigenvalue weighted by atomic mass is 16.4. The Hall–Kier alpha value is -3.80. The molecule has 0 fully saturated rings. The lowest BCUT2D eigenvalue weighted by Gasteiger charge is -2.17. The van der Waals surface area contributed by atoms with Crippen LogP contribution in [-0.2, 0) is 0 Å². The zero-order valence-corrected chi connectivity index (χ0v) is 18.6. The topological polar surface area (TPSA) is 90.5 Å². The first-order valence-corrected chi connectivity index (χ1v) is 10.7. The van der Waals surface area contributed by atoms with Gasteiger partial charge in [-0.2, -0.15) is 0 Å². The van der Waals surface area contributed by atoms with Crippen LogP contribution in [0.3, 0.4) is 0 Å². The fraction of sp³-hybridized carbons (Fsp3) is 0.231. The molecule has 2 amide bonds. The van der Waals surface area contributed by atoms with Crippen LogP contribution in [-0.4, -0.2) is 23.7 Å². The van der Waals surface area contributed by atoms with Crippen LogP contribution in [0.15, 0.2) is 66.7 Å². The summed E-state index contributed by atoms with van der Waals surface area (Å²) in [5.41, 5.74) is 4.67. The van der Waals surface area contributed by atoms with E-state index in [4.69, 9.17) is 0 Å². The summed E-state index contributed by atoms with van der Waals surface area (Å²) in [5, 5.41) is 18.7. The Morgan fingerprint density at radius 1 is 0.906 bits per heavy atom. The highest BCUT2D eigenvalue weighted by molar-refractivity contribution is 6.03. The van der Waals surface area contributed by atoms with Gasteiger partial charge in [0.1, 0.15) is 0 Å². The Morgan fingerprint density at radius 2 is 1.62 bits per heavy atom. The summed E-state index contributed by atoms with van der Waals surface area (Å²) in [7, 11) is 0. The van der Waals surface area contributed by atoms with E-state index in [1.165, 1.54) is 0 Å². The number of urea groups is 1. The Labute approximate surface area is 188 Å². The van der Waals surface area contributed by atoms with E-state index in [0.29, 0.717) is 28.4 Å². The fourth-order valence-corrected chi connectivity index (χ4v) is 3.31. The number of aryl methyl sites for hydroxylation is 1. The first-order valence-electron chi connectivity index (χ1n) is 10.7. The van der Waals surface area contributed by atoms with Gasteiger partial charge in [-0.05, 0) is 60.7 Å². The molecule has 0 aromatic heterocycles. The third kappa shape index (κ3) is 6.11. The van der Waals surface area contributed by atoms with Crippen molar-refractivity contribution in [1.29, 1.82) is 0 Å². The molecule has 0 atom stereocenters. The number of carboxylic acids is 1. The number of hydrogen-bond acceptors (Lipinski definition) is 3. The molecule has 0 saturated heterocycles. The summed E-state index contributed by atoms with van der Waals surface area (Å²) in [6.07, 6.45) is 0.985. The van der Waals surface area contributed by atoms with Gasteiger partial charge in [0.15, 0.2) is 0 Å². The average Bonchev–Trinajstić information content (AvgIpc) is 2.76. The van der Waals surface area contributed by atoms with Crippen molar-refractivity contribution in [2.45, 2.75) is 27.2 Å². The smallest absolute Gasteiger partial charge is 0.336 e. The van der Waals surface area contributed by atoms with Gasteiger partial charge in [0, 0.05) is 12.2 Å². The number of carbonyl (C=O) groups excluding carboxylic acids is 1. The number of carboxylic acid groups (broad SMARTS) is 1. The number of carbonyl (C=O) groups is 2. The Morgan fingerprint density at radius 3 is 2.31 bits per heavy atom. The minimum atomic E-state index is -0.994. The van der Waals surface area contributed by atoms with E-state index in [9.17, 15) is 14.7 Å². The quantitative estimate of drug-likeness (QED) is 0.329. The summed E-state index contributed by atoms with van der Waals surface area (Å²) >= 11 is 0. The largest absolute Gasteiger partial charge is 0.478 e. The van der Waals surface area contributed by atoms with Gasteiger partial charge in [-0.1, -0.05) is 55.8 Å². The Bertz CT molecular complexity index is 1090. The van der Waals surface area contributed by atoms with Gasteiger partial charge < -0.3 is 21.1 Å². The van der Waals surface area contributed by atoms with Crippen LogP contribution in [0.5, 0.6) is 0 Å². The van der Waals surface area contributed by atoms with Crippen LogP contribution in [0.2, 0.25) is 0 Å². The third-order valence-electron chi connectivity index (χ3n) is 5.08. The molecule has 0 aliphatic rings. The molecule has 32 heavy (non-hydrogen) atoms. The second kappa shape index (κ2) is 10.5. The van der Waals surface area contributed by atoms with Crippen LogP contribution in [0.4, 0.5) is 21.9 Å². The van der Waals surface area contributed by atoms with Gasteiger partial charge in [0.2, 0.25) is 0 Å². The van der Waals surface area contributed by atoms with Crippen molar-refractivity contribution in [1.82, 2.24) is 0 Å². The second-order valence-electron chi connectivity index (χ2n) is 8.17. The molecule has 0 bridgehead atoms. The van der Waals surface area contributed by atoms with E-state index >= 15 is 0 Å². The van der Waals surface area contributed by atoms with Crippen LogP contribution in [0.1, 0.15) is 36.2 Å². The average molecular weight is 432 g/mol. The summed E-state index contributed by atoms with van der Waals surface area (Å²) < 4.78 is 0. The predicted octanol–water partition coefficient (Wildman–Crippen LogP) is 6.46. The highest BCUT2D eigenvalue weighted by Crippen LogP contribution is 2.31. The minimum Gasteiger partial charge on any atom is -0.478 e. The summed E-state index contributed by atoms with van der Waals surface area (Å²) in [6.45, 7) is 7.06. The monoisotopic (exact) mass is 431 g/mol. The van der Waals surface area contributed by atoms with E-state index in [1.54, 1.807) is 30.3 Å². The molecule has 0 spiro atoms. The number of rotatable bonds is 8. The fourth-order valence-electron chi connectivity index (χ4n) is 3.31. The molecule has 3 aromatic rings. The van der Waals surface area contributed by atoms with E-state index in [1.807, 2.05) is 43.3 Å². The third-order valence-corrected chi connectivity index (χ3v) is 5.08. The molecule has 0 unspecified atom stereocenters. The van der Waals surface area contributed by atoms with E-state index < -0.39 is 5.97 Å². The maximum absolute atomic E-state index is 12.7. The van der Waals surface area contributed by atoms with Crippen LogP contribution >= 0.6 is 0 Å². The second-order valence-corrected chi connectivity index (χ2v) is 8.17. The number of benzene rings is 3. The van der Waals surface area contributed by atoms with Crippen molar-refractivity contribution in [2.24, 2.45) is 5.92 Å². The van der Waals surface area contributed by atoms with Crippen LogP contribution in [0, 0.1) is 12.8 Å². The number of hydrogen-bond donors (Lipinski definition) is 4. The number of amides is 2. The molecule has 0 radical (unpaired) electrons. The summed E-state index contributed by atoms with van der Waals surface area (Å²) in [6, 6.07) is 19.5. The van der Waals surface area contributed by atoms with Gasteiger partial charge >= 0.3 is 12.0 Å². The molecule has 166 valence electrons. The van der Waals surface area contributed by atoms with E-state index in [0.717, 1.165) is 24.2 Å². The lowest BCUT2D eigenvalue weighted by atomic mass is 9.98. The molecule has 6 nitrogen and oxygen atoms in total. The molecule has 0 heterocycles. The van der Waals surface area contributed by atoms with Crippen molar-refractivity contribution in [2.75, 3.05) is 22.5 Å². The van der Waals surface area contributed by atoms with Crippen molar-refractivity contribution in [3.05, 3.63) is 77.9 Å². The molecular formula is C26H29N3O3. The SMILES string of the molecule is Cc1ccc(NC(=O)Nc2cc(-c3ccccc3C(=O)O)ccc2NCCC(C)C)cc1. The molecule has 0 aliphatic carbocycles. The lowest BCUT2D eigenvalue weighted by molar-refractivity contribution is 0.0697. The minimum absolute atomic E-state index is 0.211. The highest BCUT2D eigenvalue weighted by Gasteiger charge is 2.14. The van der Waals surface area contributed by atoms with Crippen molar-refractivity contribution < 1.29 is 14.7 Å². The van der Waals surface area contributed by atoms with Crippen LogP contribution < -0.4 is 16.0 Å². The predicted molar refractivity (Wildman–Crippen MR) is 131 cm³/mol. The maximum Gasteiger partial charge on any atom is 0.336 e. The zero-order valence-electron chi connectivity index (χ0n) is 18.6. The Balaban J connectivity index is 1.89.